The fourth-order valence-corrected chi connectivity index (χ4v) is 7.17. The Morgan fingerprint density at radius 3 is 1.93 bits per heavy atom. The van der Waals surface area contributed by atoms with E-state index in [1.165, 1.54) is 28.1 Å². The molecule has 1 N–H and O–H groups in total. The van der Waals surface area contributed by atoms with Crippen LogP contribution in [0.3, 0.4) is 0 Å². The number of fused-ring (bicyclic) bond motifs is 10. The third-order valence-corrected chi connectivity index (χ3v) is 9.16. The molecule has 0 atom stereocenters. The molecule has 0 unspecified atom stereocenters. The van der Waals surface area contributed by atoms with Crippen LogP contribution >= 0.6 is 0 Å². The van der Waals surface area contributed by atoms with E-state index in [1.54, 1.807) is 0 Å². The van der Waals surface area contributed by atoms with Gasteiger partial charge in [0.25, 0.3) is 0 Å². The highest BCUT2D eigenvalue weighted by molar-refractivity contribution is 6.24. The smallest absolute Gasteiger partial charge is 0.145 e. The van der Waals surface area contributed by atoms with Crippen LogP contribution in [0.5, 0.6) is 0 Å². The number of furan rings is 1. The Balaban J connectivity index is 1.49. The zero-order chi connectivity index (χ0) is 30.4. The van der Waals surface area contributed by atoms with Crippen LogP contribution in [0.25, 0.3) is 76.9 Å². The summed E-state index contributed by atoms with van der Waals surface area (Å²) in [6.07, 6.45) is 1.27. The number of nitriles is 1. The largest absolute Gasteiger partial charge is 0.455 e. The predicted octanol–water partition coefficient (Wildman–Crippen LogP) is 10.3. The molecule has 0 aliphatic heterocycles. The molecule has 212 valence electrons. The molecule has 9 rings (SSSR count). The van der Waals surface area contributed by atoms with Gasteiger partial charge in [-0.3, -0.25) is 0 Å². The van der Waals surface area contributed by atoms with Crippen LogP contribution in [0.15, 0.2) is 114 Å². The number of hydrogen-bond acceptors (Lipinski definition) is 3. The van der Waals surface area contributed by atoms with Crippen LogP contribution in [-0.2, 0) is 0 Å². The summed E-state index contributed by atoms with van der Waals surface area (Å²) in [4.78, 5) is 0. The molecular formula is C40H26N4O. The van der Waals surface area contributed by atoms with Crippen molar-refractivity contribution < 1.29 is 4.42 Å². The Morgan fingerprint density at radius 1 is 0.622 bits per heavy atom. The lowest BCUT2D eigenvalue weighted by atomic mass is 10.1. The third-order valence-electron chi connectivity index (χ3n) is 9.16. The van der Waals surface area contributed by atoms with Gasteiger partial charge in [0, 0.05) is 38.7 Å². The summed E-state index contributed by atoms with van der Waals surface area (Å²) in [6.45, 7) is 4.24. The fraction of sp³-hybridized carbons (Fsp3) is 0.0500. The zero-order valence-electron chi connectivity index (χ0n) is 24.7. The first-order valence-corrected chi connectivity index (χ1v) is 15.0. The van der Waals surface area contributed by atoms with Crippen LogP contribution in [0.2, 0.25) is 0 Å². The van der Waals surface area contributed by atoms with Crippen molar-refractivity contribution in [2.24, 2.45) is 0 Å². The Morgan fingerprint density at radius 2 is 1.22 bits per heavy atom. The summed E-state index contributed by atoms with van der Waals surface area (Å²) in [5.41, 5.74) is 11.0. The number of nitrogens with zero attached hydrogens (tertiary/aromatic N) is 3. The maximum Gasteiger partial charge on any atom is 0.145 e. The van der Waals surface area contributed by atoms with E-state index < -0.39 is 0 Å². The number of aryl methyl sites for hydroxylation is 2. The number of para-hydroxylation sites is 2. The van der Waals surface area contributed by atoms with Gasteiger partial charge in [0.05, 0.1) is 50.5 Å². The second-order valence-corrected chi connectivity index (χ2v) is 11.8. The molecule has 0 fully saturated rings. The summed E-state index contributed by atoms with van der Waals surface area (Å²) in [7, 11) is 0. The average molecular weight is 579 g/mol. The van der Waals surface area contributed by atoms with Crippen LogP contribution < -0.4 is 0 Å². The van der Waals surface area contributed by atoms with Gasteiger partial charge in [0.1, 0.15) is 11.2 Å². The number of rotatable bonds is 3. The second kappa shape index (κ2) is 9.19. The molecule has 6 aromatic carbocycles. The SMILES string of the molecule is Cc1ccc2c(c1)c1cc(C)ccc1n2-c1cc(C#N)c(C=N)cc1-n1c2ccccc2c2c3oc4ccccc4c3ccc21. The first kappa shape index (κ1) is 25.4. The maximum absolute atomic E-state index is 10.2. The van der Waals surface area contributed by atoms with E-state index in [2.05, 4.69) is 108 Å². The summed E-state index contributed by atoms with van der Waals surface area (Å²) in [5.74, 6) is 0. The number of nitrogens with one attached hydrogen (secondary N) is 1. The molecular weight excluding hydrogens is 552 g/mol. The summed E-state index contributed by atoms with van der Waals surface area (Å²) in [5, 5.41) is 25.1. The molecule has 0 aliphatic rings. The van der Waals surface area contributed by atoms with Gasteiger partial charge in [-0.1, -0.05) is 59.7 Å². The van der Waals surface area contributed by atoms with Crippen molar-refractivity contribution in [1.29, 1.82) is 10.7 Å². The lowest BCUT2D eigenvalue weighted by Crippen LogP contribution is -2.06. The molecule has 0 saturated carbocycles. The van der Waals surface area contributed by atoms with Gasteiger partial charge in [-0.25, -0.2) is 0 Å². The highest BCUT2D eigenvalue weighted by Gasteiger charge is 2.23. The normalized spacial score (nSPS) is 11.8. The van der Waals surface area contributed by atoms with Gasteiger partial charge < -0.3 is 19.0 Å². The summed E-state index contributed by atoms with van der Waals surface area (Å²) < 4.78 is 11.1. The van der Waals surface area contributed by atoms with Gasteiger partial charge in [-0.15, -0.1) is 0 Å². The quantitative estimate of drug-likeness (QED) is 0.212. The summed E-state index contributed by atoms with van der Waals surface area (Å²) in [6, 6.07) is 40.3. The molecule has 0 bridgehead atoms. The monoisotopic (exact) mass is 578 g/mol. The molecule has 5 heteroatoms. The van der Waals surface area contributed by atoms with Gasteiger partial charge in [0.2, 0.25) is 0 Å². The van der Waals surface area contributed by atoms with Gasteiger partial charge >= 0.3 is 0 Å². The van der Waals surface area contributed by atoms with Crippen molar-refractivity contribution >= 4 is 71.8 Å². The zero-order valence-corrected chi connectivity index (χ0v) is 24.7. The van der Waals surface area contributed by atoms with E-state index in [0.29, 0.717) is 11.1 Å². The molecule has 3 heterocycles. The van der Waals surface area contributed by atoms with Crippen LogP contribution in [0.1, 0.15) is 22.3 Å². The minimum atomic E-state index is 0.457. The van der Waals surface area contributed by atoms with Gasteiger partial charge in [-0.05, 0) is 74.5 Å². The molecule has 9 aromatic rings. The Kier molecular flexibility index (Phi) is 5.18. The highest BCUT2D eigenvalue weighted by atomic mass is 16.3. The Hall–Kier alpha value is -6.12. The van der Waals surface area contributed by atoms with Gasteiger partial charge in [0.15, 0.2) is 0 Å². The molecule has 0 saturated heterocycles. The molecule has 5 nitrogen and oxygen atoms in total. The lowest BCUT2D eigenvalue weighted by molar-refractivity contribution is 0.673. The predicted molar refractivity (Wildman–Crippen MR) is 184 cm³/mol. The third kappa shape index (κ3) is 3.45. The molecule has 0 radical (unpaired) electrons. The molecule has 0 aliphatic carbocycles. The minimum Gasteiger partial charge on any atom is -0.455 e. The van der Waals surface area contributed by atoms with Crippen molar-refractivity contribution in [1.82, 2.24) is 9.13 Å². The van der Waals surface area contributed by atoms with Crippen LogP contribution in [-0.4, -0.2) is 15.3 Å². The van der Waals surface area contributed by atoms with Crippen LogP contribution in [0.4, 0.5) is 0 Å². The number of aromatic nitrogens is 2. The van der Waals surface area contributed by atoms with E-state index >= 15 is 0 Å². The van der Waals surface area contributed by atoms with Crippen molar-refractivity contribution in [2.75, 3.05) is 0 Å². The molecule has 0 amide bonds. The lowest BCUT2D eigenvalue weighted by Gasteiger charge is -2.18. The highest BCUT2D eigenvalue weighted by Crippen LogP contribution is 2.43. The molecule has 3 aromatic heterocycles. The van der Waals surface area contributed by atoms with Gasteiger partial charge in [-0.2, -0.15) is 5.26 Å². The van der Waals surface area contributed by atoms with Crippen molar-refractivity contribution in [3.05, 3.63) is 131 Å². The minimum absolute atomic E-state index is 0.457. The Bertz CT molecular complexity index is 2710. The maximum atomic E-state index is 10.2. The van der Waals surface area contributed by atoms with E-state index in [9.17, 15) is 5.26 Å². The van der Waals surface area contributed by atoms with Crippen molar-refractivity contribution in [3.63, 3.8) is 0 Å². The van der Waals surface area contributed by atoms with E-state index in [1.807, 2.05) is 30.3 Å². The standard InChI is InChI=1S/C40H26N4O/c1-23-11-14-33-30(17-23)31-18-24(2)12-15-34(31)43(33)36-19-25(21-41)26(22-42)20-37(36)44-32-9-5-3-8-29(32)39-35(44)16-13-28-27-7-4-6-10-38(27)45-40(28)39/h3-20,22,42H,1-2H3. The molecule has 45 heavy (non-hydrogen) atoms. The average Bonchev–Trinajstić information content (AvgIpc) is 3.71. The van der Waals surface area contributed by atoms with E-state index in [4.69, 9.17) is 9.83 Å². The first-order valence-electron chi connectivity index (χ1n) is 15.0. The van der Waals surface area contributed by atoms with E-state index in [0.717, 1.165) is 66.2 Å². The Labute approximate surface area is 258 Å². The molecule has 0 spiro atoms. The van der Waals surface area contributed by atoms with Crippen LogP contribution in [0, 0.1) is 30.6 Å². The topological polar surface area (TPSA) is 70.6 Å². The van der Waals surface area contributed by atoms with E-state index in [-0.39, 0.29) is 0 Å². The first-order chi connectivity index (χ1) is 22.1. The number of benzene rings is 6. The summed E-state index contributed by atoms with van der Waals surface area (Å²) >= 11 is 0. The fourth-order valence-electron chi connectivity index (χ4n) is 7.17. The second-order valence-electron chi connectivity index (χ2n) is 11.8. The number of hydrogen-bond donors (Lipinski definition) is 1. The van der Waals surface area contributed by atoms with Crippen molar-refractivity contribution in [2.45, 2.75) is 13.8 Å². The van der Waals surface area contributed by atoms with Crippen molar-refractivity contribution in [3.8, 4) is 17.4 Å².